The molecule has 2 aromatic rings. The molecular weight excluding hydrogens is 390 g/mol. The quantitative estimate of drug-likeness (QED) is 0.825. The van der Waals surface area contributed by atoms with E-state index in [4.69, 9.17) is 5.73 Å². The zero-order chi connectivity index (χ0) is 20.6. The van der Waals surface area contributed by atoms with Crippen LogP contribution in [0.1, 0.15) is 28.8 Å². The Kier molecular flexibility index (Phi) is 5.04. The van der Waals surface area contributed by atoms with Crippen LogP contribution in [0.5, 0.6) is 0 Å². The van der Waals surface area contributed by atoms with E-state index in [0.29, 0.717) is 50.1 Å². The van der Waals surface area contributed by atoms with Gasteiger partial charge < -0.3 is 10.6 Å². The SMILES string of the molecule is NC(=O)C1CCN(C(=O)c2cccc(S(=O)(=O)N3CCc4ccccc43)c2)CC1. The summed E-state index contributed by atoms with van der Waals surface area (Å²) in [6.07, 6.45) is 1.73. The summed E-state index contributed by atoms with van der Waals surface area (Å²) in [5, 5.41) is 0. The van der Waals surface area contributed by atoms with Crippen LogP contribution in [0.25, 0.3) is 0 Å². The first kappa shape index (κ1) is 19.4. The van der Waals surface area contributed by atoms with Crippen molar-refractivity contribution in [1.29, 1.82) is 0 Å². The van der Waals surface area contributed by atoms with Gasteiger partial charge in [-0.3, -0.25) is 13.9 Å². The van der Waals surface area contributed by atoms with Crippen LogP contribution in [-0.4, -0.2) is 44.8 Å². The number of primary amides is 1. The summed E-state index contributed by atoms with van der Waals surface area (Å²) in [5.74, 6) is -0.774. The third kappa shape index (κ3) is 3.60. The van der Waals surface area contributed by atoms with E-state index < -0.39 is 10.0 Å². The van der Waals surface area contributed by atoms with Gasteiger partial charge >= 0.3 is 0 Å². The van der Waals surface area contributed by atoms with Crippen LogP contribution in [0.4, 0.5) is 5.69 Å². The van der Waals surface area contributed by atoms with Crippen molar-refractivity contribution in [2.24, 2.45) is 11.7 Å². The van der Waals surface area contributed by atoms with E-state index in [1.54, 1.807) is 23.1 Å². The van der Waals surface area contributed by atoms with Crippen molar-refractivity contribution in [2.45, 2.75) is 24.2 Å². The van der Waals surface area contributed by atoms with Crippen LogP contribution in [0.3, 0.4) is 0 Å². The summed E-state index contributed by atoms with van der Waals surface area (Å²) in [4.78, 5) is 25.9. The first-order chi connectivity index (χ1) is 13.9. The van der Waals surface area contributed by atoms with Crippen molar-refractivity contribution < 1.29 is 18.0 Å². The van der Waals surface area contributed by atoms with Crippen LogP contribution in [-0.2, 0) is 21.2 Å². The Morgan fingerprint density at radius 3 is 2.41 bits per heavy atom. The van der Waals surface area contributed by atoms with Crippen LogP contribution >= 0.6 is 0 Å². The lowest BCUT2D eigenvalue weighted by molar-refractivity contribution is -0.123. The maximum Gasteiger partial charge on any atom is 0.264 e. The molecule has 8 heteroatoms. The predicted molar refractivity (Wildman–Crippen MR) is 109 cm³/mol. The van der Waals surface area contributed by atoms with Crippen molar-refractivity contribution in [3.63, 3.8) is 0 Å². The summed E-state index contributed by atoms with van der Waals surface area (Å²) in [6.45, 7) is 1.26. The highest BCUT2D eigenvalue weighted by Gasteiger charge is 2.32. The number of para-hydroxylation sites is 1. The molecule has 152 valence electrons. The number of fused-ring (bicyclic) bond motifs is 1. The lowest BCUT2D eigenvalue weighted by Crippen LogP contribution is -2.41. The molecule has 0 radical (unpaired) electrons. The molecule has 0 bridgehead atoms. The van der Waals surface area contributed by atoms with E-state index in [1.165, 1.54) is 16.4 Å². The molecule has 2 aliphatic rings. The van der Waals surface area contributed by atoms with Crippen molar-refractivity contribution in [2.75, 3.05) is 23.9 Å². The Balaban J connectivity index is 1.56. The number of carbonyl (C=O) groups is 2. The average molecular weight is 413 g/mol. The molecule has 0 aromatic heterocycles. The lowest BCUT2D eigenvalue weighted by atomic mass is 9.96. The molecule has 0 saturated carbocycles. The smallest absolute Gasteiger partial charge is 0.264 e. The number of hydrogen-bond acceptors (Lipinski definition) is 4. The zero-order valence-corrected chi connectivity index (χ0v) is 16.8. The number of sulfonamides is 1. The first-order valence-electron chi connectivity index (χ1n) is 9.67. The fourth-order valence-electron chi connectivity index (χ4n) is 4.02. The van der Waals surface area contributed by atoms with E-state index in [0.717, 1.165) is 5.56 Å². The van der Waals surface area contributed by atoms with E-state index in [2.05, 4.69) is 0 Å². The molecule has 1 saturated heterocycles. The fourth-order valence-corrected chi connectivity index (χ4v) is 5.57. The third-order valence-electron chi connectivity index (χ3n) is 5.70. The van der Waals surface area contributed by atoms with E-state index in [1.807, 2.05) is 18.2 Å². The van der Waals surface area contributed by atoms with E-state index in [9.17, 15) is 18.0 Å². The van der Waals surface area contributed by atoms with Crippen LogP contribution < -0.4 is 10.0 Å². The van der Waals surface area contributed by atoms with Crippen LogP contribution in [0, 0.1) is 5.92 Å². The molecule has 2 aromatic carbocycles. The van der Waals surface area contributed by atoms with Gasteiger partial charge in [0.05, 0.1) is 10.6 Å². The number of nitrogens with two attached hydrogens (primary N) is 1. The second-order valence-corrected chi connectivity index (χ2v) is 9.31. The topological polar surface area (TPSA) is 101 Å². The number of hydrogen-bond donors (Lipinski definition) is 1. The lowest BCUT2D eigenvalue weighted by Gasteiger charge is -2.30. The van der Waals surface area contributed by atoms with E-state index in [-0.39, 0.29) is 22.6 Å². The number of benzene rings is 2. The number of carbonyl (C=O) groups excluding carboxylic acids is 2. The molecule has 0 unspecified atom stereocenters. The number of piperidine rings is 1. The highest BCUT2D eigenvalue weighted by molar-refractivity contribution is 7.92. The Hall–Kier alpha value is -2.87. The minimum atomic E-state index is -3.76. The van der Waals surface area contributed by atoms with E-state index >= 15 is 0 Å². The van der Waals surface area contributed by atoms with Gasteiger partial charge in [-0.1, -0.05) is 24.3 Å². The van der Waals surface area contributed by atoms with Crippen molar-refractivity contribution in [3.8, 4) is 0 Å². The van der Waals surface area contributed by atoms with Gasteiger partial charge in [-0.25, -0.2) is 8.42 Å². The predicted octanol–water partition coefficient (Wildman–Crippen LogP) is 1.78. The third-order valence-corrected chi connectivity index (χ3v) is 7.51. The monoisotopic (exact) mass is 413 g/mol. The van der Waals surface area contributed by atoms with Crippen LogP contribution in [0.15, 0.2) is 53.4 Å². The average Bonchev–Trinajstić information content (AvgIpc) is 3.18. The summed E-state index contributed by atoms with van der Waals surface area (Å²) >= 11 is 0. The van der Waals surface area contributed by atoms with Crippen molar-refractivity contribution in [3.05, 3.63) is 59.7 Å². The van der Waals surface area contributed by atoms with Crippen molar-refractivity contribution in [1.82, 2.24) is 4.90 Å². The maximum atomic E-state index is 13.2. The Morgan fingerprint density at radius 2 is 1.69 bits per heavy atom. The zero-order valence-electron chi connectivity index (χ0n) is 16.0. The molecule has 0 spiro atoms. The molecule has 29 heavy (non-hydrogen) atoms. The first-order valence-corrected chi connectivity index (χ1v) is 11.1. The fraction of sp³-hybridized carbons (Fsp3) is 0.333. The van der Waals surface area contributed by atoms with Gasteiger partial charge in [-0.2, -0.15) is 0 Å². The molecule has 2 N–H and O–H groups in total. The Morgan fingerprint density at radius 1 is 0.966 bits per heavy atom. The van der Waals surface area contributed by atoms with Gasteiger partial charge in [0.1, 0.15) is 0 Å². The standard InChI is InChI=1S/C21H23N3O4S/c22-20(25)16-8-11-23(12-9-16)21(26)17-5-3-6-18(14-17)29(27,28)24-13-10-15-4-1-2-7-19(15)24/h1-7,14,16H,8-13H2,(H2,22,25). The largest absolute Gasteiger partial charge is 0.369 e. The molecule has 2 heterocycles. The molecular formula is C21H23N3O4S. The highest BCUT2D eigenvalue weighted by Crippen LogP contribution is 2.33. The highest BCUT2D eigenvalue weighted by atomic mass is 32.2. The minimum absolute atomic E-state index is 0.104. The summed E-state index contributed by atoms with van der Waals surface area (Å²) in [5.41, 5.74) is 7.37. The van der Waals surface area contributed by atoms with Gasteiger partial charge in [-0.05, 0) is 49.1 Å². The number of rotatable bonds is 4. The summed E-state index contributed by atoms with van der Waals surface area (Å²) in [7, 11) is -3.76. The second kappa shape index (κ2) is 7.51. The summed E-state index contributed by atoms with van der Waals surface area (Å²) in [6, 6.07) is 13.6. The number of anilines is 1. The second-order valence-electron chi connectivity index (χ2n) is 7.45. The molecule has 0 atom stereocenters. The molecule has 4 rings (SSSR count). The molecule has 1 fully saturated rings. The normalized spacial score (nSPS) is 17.2. The van der Waals surface area contributed by atoms with Crippen molar-refractivity contribution >= 4 is 27.5 Å². The minimum Gasteiger partial charge on any atom is -0.369 e. The molecule has 0 aliphatic carbocycles. The number of nitrogens with zero attached hydrogens (tertiary/aromatic N) is 2. The molecule has 7 nitrogen and oxygen atoms in total. The van der Waals surface area contributed by atoms with Gasteiger partial charge in [0.2, 0.25) is 5.91 Å². The van der Waals surface area contributed by atoms with Gasteiger partial charge in [0.15, 0.2) is 0 Å². The molecule has 2 aliphatic heterocycles. The number of amides is 2. The Bertz CT molecular complexity index is 1060. The van der Waals surface area contributed by atoms with Gasteiger partial charge in [-0.15, -0.1) is 0 Å². The molecule has 2 amide bonds. The summed E-state index contributed by atoms with van der Waals surface area (Å²) < 4.78 is 27.8. The maximum absolute atomic E-state index is 13.2. The number of likely N-dealkylation sites (tertiary alicyclic amines) is 1. The van der Waals surface area contributed by atoms with Gasteiger partial charge in [0, 0.05) is 31.1 Å². The Labute approximate surface area is 170 Å². The van der Waals surface area contributed by atoms with Gasteiger partial charge in [0.25, 0.3) is 15.9 Å². The van der Waals surface area contributed by atoms with Crippen LogP contribution in [0.2, 0.25) is 0 Å².